The summed E-state index contributed by atoms with van der Waals surface area (Å²) < 4.78 is 28.8. The molecule has 1 saturated heterocycles. The maximum atomic E-state index is 13.5. The van der Waals surface area contributed by atoms with Gasteiger partial charge in [0.2, 0.25) is 11.8 Å². The van der Waals surface area contributed by atoms with Crippen LogP contribution in [0, 0.1) is 17.6 Å². The van der Waals surface area contributed by atoms with Crippen molar-refractivity contribution in [3.63, 3.8) is 0 Å². The first-order chi connectivity index (χ1) is 15.5. The lowest BCUT2D eigenvalue weighted by molar-refractivity contribution is -0.122. The minimum atomic E-state index is -0.780. The molecule has 0 bridgehead atoms. The topological polar surface area (TPSA) is 80.1 Å². The molecule has 1 N–H and O–H groups in total. The minimum absolute atomic E-state index is 0.0418. The summed E-state index contributed by atoms with van der Waals surface area (Å²) >= 11 is 0. The van der Waals surface area contributed by atoms with Gasteiger partial charge in [0.15, 0.2) is 0 Å². The summed E-state index contributed by atoms with van der Waals surface area (Å²) in [5.74, 6) is -2.29. The van der Waals surface area contributed by atoms with Gasteiger partial charge < -0.3 is 10.2 Å². The summed E-state index contributed by atoms with van der Waals surface area (Å²) in [4.78, 5) is 35.0. The first kappa shape index (κ1) is 19.8. The average molecular weight is 433 g/mol. The number of pyridine rings is 1. The molecule has 1 aliphatic heterocycles. The highest BCUT2D eigenvalue weighted by atomic mass is 19.1. The van der Waals surface area contributed by atoms with Crippen molar-refractivity contribution in [3.05, 3.63) is 78.8 Å². The lowest BCUT2D eigenvalue weighted by atomic mass is 10.1. The van der Waals surface area contributed by atoms with Crippen molar-refractivity contribution in [3.8, 4) is 5.82 Å². The highest BCUT2D eigenvalue weighted by Crippen LogP contribution is 2.27. The van der Waals surface area contributed by atoms with Gasteiger partial charge in [0.05, 0.1) is 28.8 Å². The number of hydrogen-bond donors (Lipinski definition) is 1. The number of anilines is 2. The average Bonchev–Trinajstić information content (AvgIpc) is 3.37. The molecule has 4 aromatic rings. The number of nitrogens with one attached hydrogen (secondary N) is 1. The van der Waals surface area contributed by atoms with Crippen LogP contribution in [0.1, 0.15) is 6.42 Å². The van der Waals surface area contributed by atoms with Crippen LogP contribution >= 0.6 is 0 Å². The Labute approximate surface area is 181 Å². The molecule has 1 aliphatic rings. The fraction of sp³-hybridized carbons (Fsp3) is 0.130. The molecular weight excluding hydrogens is 416 g/mol. The Kier molecular flexibility index (Phi) is 4.85. The Balaban J connectivity index is 1.28. The van der Waals surface area contributed by atoms with E-state index in [0.29, 0.717) is 11.5 Å². The summed E-state index contributed by atoms with van der Waals surface area (Å²) in [5, 5.41) is 2.76. The Hall–Kier alpha value is -4.14. The van der Waals surface area contributed by atoms with Crippen LogP contribution in [0.4, 0.5) is 20.2 Å². The molecule has 1 fully saturated rings. The van der Waals surface area contributed by atoms with E-state index in [0.717, 1.165) is 29.2 Å². The molecule has 7 nitrogen and oxygen atoms in total. The zero-order valence-electron chi connectivity index (χ0n) is 16.7. The lowest BCUT2D eigenvalue weighted by Crippen LogP contribution is -2.28. The highest BCUT2D eigenvalue weighted by molar-refractivity contribution is 6.03. The molecule has 0 radical (unpaired) electrons. The van der Waals surface area contributed by atoms with Crippen LogP contribution in [-0.4, -0.2) is 32.9 Å². The summed E-state index contributed by atoms with van der Waals surface area (Å²) in [7, 11) is 0. The second-order valence-electron chi connectivity index (χ2n) is 7.53. The molecule has 2 aromatic heterocycles. The predicted molar refractivity (Wildman–Crippen MR) is 114 cm³/mol. The van der Waals surface area contributed by atoms with Gasteiger partial charge in [0.25, 0.3) is 0 Å². The van der Waals surface area contributed by atoms with Gasteiger partial charge in [-0.15, -0.1) is 0 Å². The van der Waals surface area contributed by atoms with E-state index in [1.165, 1.54) is 11.1 Å². The molecular formula is C23H17F2N5O2. The van der Waals surface area contributed by atoms with Crippen LogP contribution < -0.4 is 10.2 Å². The van der Waals surface area contributed by atoms with E-state index in [9.17, 15) is 18.4 Å². The number of imidazole rings is 1. The van der Waals surface area contributed by atoms with Crippen LogP contribution in [-0.2, 0) is 9.59 Å². The van der Waals surface area contributed by atoms with Gasteiger partial charge in [0, 0.05) is 24.7 Å². The molecule has 0 aliphatic carbocycles. The number of carbonyl (C=O) groups excluding carboxylic acids is 2. The summed E-state index contributed by atoms with van der Waals surface area (Å²) in [6.45, 7) is 0.0418. The van der Waals surface area contributed by atoms with Crippen LogP contribution in [0.25, 0.3) is 16.9 Å². The van der Waals surface area contributed by atoms with Gasteiger partial charge in [-0.3, -0.25) is 14.2 Å². The molecule has 1 unspecified atom stereocenters. The van der Waals surface area contributed by atoms with Crippen molar-refractivity contribution in [2.24, 2.45) is 5.92 Å². The SMILES string of the molecule is O=C(Nc1ccc(-n2cnc3ccccc32)nc1)C1CC(=O)N(c2cc(F)cc(F)c2)C1. The monoisotopic (exact) mass is 433 g/mol. The number of halogens is 2. The molecule has 2 amide bonds. The molecule has 9 heteroatoms. The molecule has 1 atom stereocenters. The number of para-hydroxylation sites is 2. The molecule has 0 saturated carbocycles. The smallest absolute Gasteiger partial charge is 0.229 e. The van der Waals surface area contributed by atoms with Gasteiger partial charge in [-0.2, -0.15) is 0 Å². The number of rotatable bonds is 4. The van der Waals surface area contributed by atoms with Gasteiger partial charge in [-0.1, -0.05) is 12.1 Å². The second kappa shape index (κ2) is 7.84. The number of benzene rings is 2. The quantitative estimate of drug-likeness (QED) is 0.532. The Bertz CT molecular complexity index is 1320. The number of carbonyl (C=O) groups is 2. The van der Waals surface area contributed by atoms with Crippen molar-refractivity contribution in [2.75, 3.05) is 16.8 Å². The van der Waals surface area contributed by atoms with Crippen molar-refractivity contribution >= 4 is 34.2 Å². The zero-order valence-corrected chi connectivity index (χ0v) is 16.7. The molecule has 0 spiro atoms. The van der Waals surface area contributed by atoms with Crippen LogP contribution in [0.5, 0.6) is 0 Å². The minimum Gasteiger partial charge on any atom is -0.324 e. The van der Waals surface area contributed by atoms with Gasteiger partial charge in [-0.05, 0) is 36.4 Å². The second-order valence-corrected chi connectivity index (χ2v) is 7.53. The molecule has 32 heavy (non-hydrogen) atoms. The zero-order chi connectivity index (χ0) is 22.2. The number of nitrogens with zero attached hydrogens (tertiary/aromatic N) is 4. The summed E-state index contributed by atoms with van der Waals surface area (Å²) in [6.07, 6.45) is 3.16. The summed E-state index contributed by atoms with van der Waals surface area (Å²) in [6, 6.07) is 14.0. The van der Waals surface area contributed by atoms with Crippen LogP contribution in [0.3, 0.4) is 0 Å². The molecule has 160 valence electrons. The number of fused-ring (bicyclic) bond motifs is 1. The van der Waals surface area contributed by atoms with E-state index in [1.807, 2.05) is 28.8 Å². The molecule has 3 heterocycles. The normalized spacial score (nSPS) is 16.0. The maximum Gasteiger partial charge on any atom is 0.229 e. The van der Waals surface area contributed by atoms with E-state index < -0.39 is 17.6 Å². The van der Waals surface area contributed by atoms with E-state index in [4.69, 9.17) is 0 Å². The third kappa shape index (κ3) is 3.68. The van der Waals surface area contributed by atoms with Gasteiger partial charge >= 0.3 is 0 Å². The Morgan fingerprint density at radius 1 is 1.03 bits per heavy atom. The fourth-order valence-electron chi connectivity index (χ4n) is 3.82. The Morgan fingerprint density at radius 2 is 1.81 bits per heavy atom. The fourth-order valence-corrected chi connectivity index (χ4v) is 3.82. The number of hydrogen-bond acceptors (Lipinski definition) is 4. The number of amides is 2. The third-order valence-electron chi connectivity index (χ3n) is 5.37. The first-order valence-corrected chi connectivity index (χ1v) is 9.94. The standard InChI is InChI=1S/C23H17F2N5O2/c24-15-8-16(25)10-18(9-15)29-12-14(7-22(29)31)23(32)28-17-5-6-21(26-11-17)30-13-27-19-3-1-2-4-20(19)30/h1-6,8-11,13-14H,7,12H2,(H,28,32). The third-order valence-corrected chi connectivity index (χ3v) is 5.37. The van der Waals surface area contributed by atoms with Gasteiger partial charge in [-0.25, -0.2) is 18.7 Å². The van der Waals surface area contributed by atoms with Crippen LogP contribution in [0.2, 0.25) is 0 Å². The first-order valence-electron chi connectivity index (χ1n) is 9.94. The molecule has 5 rings (SSSR count). The number of aromatic nitrogens is 3. The maximum absolute atomic E-state index is 13.5. The van der Waals surface area contributed by atoms with E-state index >= 15 is 0 Å². The lowest BCUT2D eigenvalue weighted by Gasteiger charge is -2.17. The van der Waals surface area contributed by atoms with E-state index in [-0.39, 0.29) is 30.5 Å². The van der Waals surface area contributed by atoms with Crippen molar-refractivity contribution < 1.29 is 18.4 Å². The Morgan fingerprint density at radius 3 is 2.56 bits per heavy atom. The van der Waals surface area contributed by atoms with Crippen molar-refractivity contribution in [1.29, 1.82) is 0 Å². The largest absolute Gasteiger partial charge is 0.324 e. The van der Waals surface area contributed by atoms with E-state index in [2.05, 4.69) is 15.3 Å². The van der Waals surface area contributed by atoms with Crippen LogP contribution in [0.15, 0.2) is 67.1 Å². The van der Waals surface area contributed by atoms with Crippen molar-refractivity contribution in [1.82, 2.24) is 14.5 Å². The summed E-state index contributed by atoms with van der Waals surface area (Å²) in [5.41, 5.74) is 2.34. The van der Waals surface area contributed by atoms with Crippen molar-refractivity contribution in [2.45, 2.75) is 6.42 Å². The predicted octanol–water partition coefficient (Wildman–Crippen LogP) is 3.69. The van der Waals surface area contributed by atoms with E-state index in [1.54, 1.807) is 18.5 Å². The molecule has 2 aromatic carbocycles. The highest BCUT2D eigenvalue weighted by Gasteiger charge is 2.35. The van der Waals surface area contributed by atoms with Gasteiger partial charge in [0.1, 0.15) is 23.8 Å².